The Kier molecular flexibility index (Phi) is 4.17. The first-order valence-electron chi connectivity index (χ1n) is 5.66. The van der Waals surface area contributed by atoms with Gasteiger partial charge in [0.1, 0.15) is 11.6 Å². The quantitative estimate of drug-likeness (QED) is 0.902. The molecular weight excluding hydrogens is 248 g/mol. The van der Waals surface area contributed by atoms with Crippen LogP contribution in [0.25, 0.3) is 0 Å². The van der Waals surface area contributed by atoms with Crippen molar-refractivity contribution >= 4 is 11.3 Å². The number of thiazole rings is 1. The van der Waals surface area contributed by atoms with Crippen LogP contribution >= 0.6 is 11.3 Å². The lowest BCUT2D eigenvalue weighted by molar-refractivity contribution is 0.284. The Balaban J connectivity index is 2.02. The van der Waals surface area contributed by atoms with E-state index >= 15 is 0 Å². The molecule has 2 rings (SSSR count). The molecule has 1 aromatic carbocycles. The topological polar surface area (TPSA) is 57.4 Å². The number of aromatic nitrogens is 1. The first-order valence-corrected chi connectivity index (χ1v) is 6.54. The van der Waals surface area contributed by atoms with Crippen molar-refractivity contribution in [2.75, 3.05) is 7.11 Å². The Hall–Kier alpha value is -1.59. The van der Waals surface area contributed by atoms with Crippen LogP contribution in [0, 0.1) is 0 Å². The van der Waals surface area contributed by atoms with Crippen molar-refractivity contribution in [3.63, 3.8) is 0 Å². The normalized spacial score (nSPS) is 12.2. The van der Waals surface area contributed by atoms with Gasteiger partial charge in [-0.3, -0.25) is 0 Å². The number of methoxy groups -OCH3 is 1. The second-order valence-electron chi connectivity index (χ2n) is 3.89. The van der Waals surface area contributed by atoms with E-state index in [0.29, 0.717) is 6.61 Å². The van der Waals surface area contributed by atoms with Crippen LogP contribution in [0.2, 0.25) is 0 Å². The van der Waals surface area contributed by atoms with E-state index in [0.717, 1.165) is 22.2 Å². The van der Waals surface area contributed by atoms with Gasteiger partial charge < -0.3 is 15.2 Å². The summed E-state index contributed by atoms with van der Waals surface area (Å²) in [5.74, 6) is 1.44. The molecule has 0 fully saturated rings. The van der Waals surface area contributed by atoms with Crippen molar-refractivity contribution < 1.29 is 9.47 Å². The fourth-order valence-corrected chi connectivity index (χ4v) is 2.29. The molecule has 0 saturated heterocycles. The number of rotatable bonds is 5. The van der Waals surface area contributed by atoms with Gasteiger partial charge in [-0.15, -0.1) is 11.3 Å². The summed E-state index contributed by atoms with van der Waals surface area (Å²) in [4.78, 5) is 4.41. The molecule has 0 aliphatic rings. The van der Waals surface area contributed by atoms with Crippen molar-refractivity contribution in [3.05, 3.63) is 40.3 Å². The summed E-state index contributed by atoms with van der Waals surface area (Å²) in [6.07, 6.45) is 0. The zero-order chi connectivity index (χ0) is 13.0. The lowest BCUT2D eigenvalue weighted by Gasteiger charge is -2.08. The second-order valence-corrected chi connectivity index (χ2v) is 4.84. The van der Waals surface area contributed by atoms with Gasteiger partial charge in [0.2, 0.25) is 0 Å². The molecule has 2 N–H and O–H groups in total. The molecule has 0 amide bonds. The smallest absolute Gasteiger partial charge is 0.161 e. The van der Waals surface area contributed by atoms with Crippen LogP contribution in [-0.4, -0.2) is 12.1 Å². The maximum Gasteiger partial charge on any atom is 0.161 e. The average molecular weight is 264 g/mol. The van der Waals surface area contributed by atoms with E-state index in [4.69, 9.17) is 15.2 Å². The molecule has 1 unspecified atom stereocenters. The number of benzene rings is 1. The molecule has 0 saturated carbocycles. The van der Waals surface area contributed by atoms with E-state index in [1.807, 2.05) is 36.6 Å². The second kappa shape index (κ2) is 5.84. The monoisotopic (exact) mass is 264 g/mol. The van der Waals surface area contributed by atoms with E-state index in [-0.39, 0.29) is 6.04 Å². The van der Waals surface area contributed by atoms with E-state index in [1.54, 1.807) is 18.4 Å². The van der Waals surface area contributed by atoms with Crippen molar-refractivity contribution in [1.82, 2.24) is 4.98 Å². The first kappa shape index (κ1) is 12.9. The van der Waals surface area contributed by atoms with Gasteiger partial charge >= 0.3 is 0 Å². The highest BCUT2D eigenvalue weighted by Gasteiger charge is 2.08. The summed E-state index contributed by atoms with van der Waals surface area (Å²) >= 11 is 1.55. The first-order chi connectivity index (χ1) is 8.70. The molecule has 18 heavy (non-hydrogen) atoms. The number of hydrogen-bond donors (Lipinski definition) is 1. The van der Waals surface area contributed by atoms with Gasteiger partial charge in [-0.25, -0.2) is 4.98 Å². The third-order valence-corrected chi connectivity index (χ3v) is 3.30. The Morgan fingerprint density at radius 1 is 1.33 bits per heavy atom. The SMILES string of the molecule is COc1ccccc1OCc1nc(C(C)N)cs1. The number of hydrogen-bond acceptors (Lipinski definition) is 5. The van der Waals surface area contributed by atoms with Crippen LogP contribution in [0.3, 0.4) is 0 Å². The van der Waals surface area contributed by atoms with Gasteiger partial charge in [-0.2, -0.15) is 0 Å². The lowest BCUT2D eigenvalue weighted by Crippen LogP contribution is -2.05. The molecule has 0 spiro atoms. The van der Waals surface area contributed by atoms with Crippen molar-refractivity contribution in [1.29, 1.82) is 0 Å². The van der Waals surface area contributed by atoms with E-state index in [2.05, 4.69) is 4.98 Å². The fraction of sp³-hybridized carbons (Fsp3) is 0.308. The van der Waals surface area contributed by atoms with E-state index < -0.39 is 0 Å². The van der Waals surface area contributed by atoms with Gasteiger partial charge in [0.15, 0.2) is 11.5 Å². The highest BCUT2D eigenvalue weighted by atomic mass is 32.1. The van der Waals surface area contributed by atoms with Gasteiger partial charge in [0.05, 0.1) is 12.8 Å². The molecule has 0 radical (unpaired) electrons. The highest BCUT2D eigenvalue weighted by Crippen LogP contribution is 2.27. The number of nitrogens with zero attached hydrogens (tertiary/aromatic N) is 1. The summed E-state index contributed by atoms with van der Waals surface area (Å²) in [7, 11) is 1.62. The standard InChI is InChI=1S/C13H16N2O2S/c1-9(14)10-8-18-13(15-10)7-17-12-6-4-3-5-11(12)16-2/h3-6,8-9H,7,14H2,1-2H3. The third-order valence-electron chi connectivity index (χ3n) is 2.46. The molecule has 2 aromatic rings. The number of nitrogens with two attached hydrogens (primary N) is 1. The maximum absolute atomic E-state index is 5.76. The van der Waals surface area contributed by atoms with Crippen LogP contribution in [0.1, 0.15) is 23.7 Å². The summed E-state index contributed by atoms with van der Waals surface area (Å²) in [6, 6.07) is 7.51. The fourth-order valence-electron chi connectivity index (χ4n) is 1.48. The molecular formula is C13H16N2O2S. The van der Waals surface area contributed by atoms with Crippen LogP contribution < -0.4 is 15.2 Å². The summed E-state index contributed by atoms with van der Waals surface area (Å²) < 4.78 is 10.9. The van der Waals surface area contributed by atoms with Crippen molar-refractivity contribution in [2.45, 2.75) is 19.6 Å². The molecule has 1 aromatic heterocycles. The molecule has 0 bridgehead atoms. The molecule has 1 atom stereocenters. The number of ether oxygens (including phenoxy) is 2. The Bertz CT molecular complexity index is 511. The maximum atomic E-state index is 5.76. The average Bonchev–Trinajstić information content (AvgIpc) is 2.85. The lowest BCUT2D eigenvalue weighted by atomic mass is 10.3. The minimum absolute atomic E-state index is 0.0405. The van der Waals surface area contributed by atoms with Crippen molar-refractivity contribution in [3.8, 4) is 11.5 Å². The predicted molar refractivity (Wildman–Crippen MR) is 72.0 cm³/mol. The predicted octanol–water partition coefficient (Wildman–Crippen LogP) is 2.75. The zero-order valence-electron chi connectivity index (χ0n) is 10.4. The Morgan fingerprint density at radius 3 is 2.67 bits per heavy atom. The van der Waals surface area contributed by atoms with Crippen LogP contribution in [0.15, 0.2) is 29.6 Å². The Labute approximate surface area is 110 Å². The molecule has 1 heterocycles. The number of para-hydroxylation sites is 2. The van der Waals surface area contributed by atoms with Crippen molar-refractivity contribution in [2.24, 2.45) is 5.73 Å². The third kappa shape index (κ3) is 3.00. The van der Waals surface area contributed by atoms with Gasteiger partial charge in [-0.1, -0.05) is 12.1 Å². The summed E-state index contributed by atoms with van der Waals surface area (Å²) in [5.41, 5.74) is 6.66. The Morgan fingerprint density at radius 2 is 2.06 bits per heavy atom. The van der Waals surface area contributed by atoms with E-state index in [9.17, 15) is 0 Å². The molecule has 96 valence electrons. The van der Waals surface area contributed by atoms with Crippen LogP contribution in [0.4, 0.5) is 0 Å². The van der Waals surface area contributed by atoms with E-state index in [1.165, 1.54) is 0 Å². The minimum atomic E-state index is -0.0405. The molecule has 0 aliphatic heterocycles. The highest BCUT2D eigenvalue weighted by molar-refractivity contribution is 7.09. The largest absolute Gasteiger partial charge is 0.493 e. The van der Waals surface area contributed by atoms with Crippen LogP contribution in [0.5, 0.6) is 11.5 Å². The van der Waals surface area contributed by atoms with Gasteiger partial charge in [-0.05, 0) is 19.1 Å². The zero-order valence-corrected chi connectivity index (χ0v) is 11.2. The molecule has 0 aliphatic carbocycles. The van der Waals surface area contributed by atoms with Gasteiger partial charge in [0, 0.05) is 11.4 Å². The summed E-state index contributed by atoms with van der Waals surface area (Å²) in [6.45, 7) is 2.34. The molecule has 4 nitrogen and oxygen atoms in total. The summed E-state index contributed by atoms with van der Waals surface area (Å²) in [5, 5.41) is 2.87. The minimum Gasteiger partial charge on any atom is -0.493 e. The van der Waals surface area contributed by atoms with Gasteiger partial charge in [0.25, 0.3) is 0 Å². The molecule has 5 heteroatoms. The van der Waals surface area contributed by atoms with Crippen LogP contribution in [-0.2, 0) is 6.61 Å².